The third-order valence-electron chi connectivity index (χ3n) is 8.81. The molecule has 46 heavy (non-hydrogen) atoms. The second kappa shape index (κ2) is 11.0. The van der Waals surface area contributed by atoms with Gasteiger partial charge in [0.1, 0.15) is 5.82 Å². The summed E-state index contributed by atoms with van der Waals surface area (Å²) in [5.41, 5.74) is 11.9. The molecule has 0 saturated carbocycles. The summed E-state index contributed by atoms with van der Waals surface area (Å²) in [6.45, 7) is 0. The Labute approximate surface area is 271 Å². The normalized spacial score (nSPS) is 12.2. The van der Waals surface area contributed by atoms with Gasteiger partial charge in [0.15, 0.2) is 0 Å². The fourth-order valence-corrected chi connectivity index (χ4v) is 7.74. The minimum atomic E-state index is 0.898. The highest BCUT2D eigenvalue weighted by molar-refractivity contribution is 7.99. The highest BCUT2D eigenvalue weighted by atomic mass is 32.2. The summed E-state index contributed by atoms with van der Waals surface area (Å²) in [5, 5.41) is 2.27. The van der Waals surface area contributed by atoms with Crippen LogP contribution in [0.2, 0.25) is 0 Å². The molecule has 0 saturated heterocycles. The quantitative estimate of drug-likeness (QED) is 0.196. The first-order chi connectivity index (χ1) is 22.8. The van der Waals surface area contributed by atoms with E-state index in [0.29, 0.717) is 0 Å². The van der Waals surface area contributed by atoms with Crippen molar-refractivity contribution < 1.29 is 0 Å². The van der Waals surface area contributed by atoms with Crippen molar-refractivity contribution in [3.05, 3.63) is 163 Å². The number of aromatic nitrogens is 3. The molecular formula is C42H27N3S. The van der Waals surface area contributed by atoms with Gasteiger partial charge in [-0.05, 0) is 93.0 Å². The maximum absolute atomic E-state index is 4.67. The summed E-state index contributed by atoms with van der Waals surface area (Å²) in [7, 11) is 0. The van der Waals surface area contributed by atoms with E-state index in [1.165, 1.54) is 54.3 Å². The predicted octanol–water partition coefficient (Wildman–Crippen LogP) is 11.2. The molecule has 1 aliphatic heterocycles. The number of pyridine rings is 2. The molecular weight excluding hydrogens is 579 g/mol. The third kappa shape index (κ3) is 4.46. The lowest BCUT2D eigenvalue weighted by Gasteiger charge is -2.15. The summed E-state index contributed by atoms with van der Waals surface area (Å²) in [4.78, 5) is 11.6. The highest BCUT2D eigenvalue weighted by Crippen LogP contribution is 2.44. The maximum atomic E-state index is 4.67. The first-order valence-corrected chi connectivity index (χ1v) is 16.2. The fourth-order valence-electron chi connectivity index (χ4n) is 6.63. The Bertz CT molecular complexity index is 2460. The molecule has 0 spiro atoms. The lowest BCUT2D eigenvalue weighted by atomic mass is 9.93. The monoisotopic (exact) mass is 605 g/mol. The van der Waals surface area contributed by atoms with Gasteiger partial charge in [-0.25, -0.2) is 4.98 Å². The molecule has 3 aromatic heterocycles. The Balaban J connectivity index is 1.24. The van der Waals surface area contributed by atoms with Crippen LogP contribution in [-0.2, 0) is 0 Å². The minimum absolute atomic E-state index is 0.898. The van der Waals surface area contributed by atoms with Crippen molar-refractivity contribution >= 4 is 45.7 Å². The van der Waals surface area contributed by atoms with Crippen molar-refractivity contribution in [2.75, 3.05) is 0 Å². The van der Waals surface area contributed by atoms with E-state index in [2.05, 4.69) is 148 Å². The molecule has 0 radical (unpaired) electrons. The fraction of sp³-hybridized carbons (Fsp3) is 0. The van der Waals surface area contributed by atoms with Gasteiger partial charge < -0.3 is 0 Å². The smallest absolute Gasteiger partial charge is 0.137 e. The van der Waals surface area contributed by atoms with Crippen LogP contribution in [-0.4, -0.2) is 14.5 Å². The molecule has 8 aromatic rings. The molecule has 1 aliphatic rings. The third-order valence-corrected chi connectivity index (χ3v) is 9.96. The number of rotatable bonds is 2. The van der Waals surface area contributed by atoms with Crippen molar-refractivity contribution in [1.82, 2.24) is 14.5 Å². The number of hydrogen-bond donors (Lipinski definition) is 0. The van der Waals surface area contributed by atoms with Crippen molar-refractivity contribution in [3.8, 4) is 39.2 Å². The van der Waals surface area contributed by atoms with Gasteiger partial charge in [0.25, 0.3) is 0 Å². The maximum Gasteiger partial charge on any atom is 0.137 e. The van der Waals surface area contributed by atoms with Gasteiger partial charge in [-0.3, -0.25) is 9.55 Å². The standard InChI is InChI=1S/C42H27N3S/c1-2-10-32-28(9-1)16-17-29-18-19-30(25-35(29)34-12-4-6-14-41(34)46-40-13-5-3-11-33(32)40)31-20-21-38-36(26-31)37-27-43-24-22-39(37)45(38)42-15-7-8-23-44-42/h1-27H. The Morgan fingerprint density at radius 1 is 0.478 bits per heavy atom. The zero-order valence-electron chi connectivity index (χ0n) is 24.8. The van der Waals surface area contributed by atoms with Gasteiger partial charge in [-0.1, -0.05) is 109 Å². The van der Waals surface area contributed by atoms with E-state index in [9.17, 15) is 0 Å². The lowest BCUT2D eigenvalue weighted by molar-refractivity contribution is 1.08. The number of fused-ring (bicyclic) bond motifs is 9. The Morgan fingerprint density at radius 3 is 1.93 bits per heavy atom. The van der Waals surface area contributed by atoms with E-state index < -0.39 is 0 Å². The van der Waals surface area contributed by atoms with E-state index in [-0.39, 0.29) is 0 Å². The molecule has 0 amide bonds. The average molecular weight is 606 g/mol. The largest absolute Gasteiger partial charge is 0.294 e. The molecule has 0 N–H and O–H groups in total. The second-order valence-electron chi connectivity index (χ2n) is 11.5. The van der Waals surface area contributed by atoms with E-state index in [1.807, 2.05) is 42.5 Å². The highest BCUT2D eigenvalue weighted by Gasteiger charge is 2.18. The number of benzene rings is 5. The van der Waals surface area contributed by atoms with Gasteiger partial charge in [0.2, 0.25) is 0 Å². The van der Waals surface area contributed by atoms with E-state index in [1.54, 1.807) is 0 Å². The topological polar surface area (TPSA) is 30.7 Å². The van der Waals surface area contributed by atoms with E-state index in [4.69, 9.17) is 0 Å². The van der Waals surface area contributed by atoms with Gasteiger partial charge in [0.05, 0.1) is 11.0 Å². The molecule has 0 fully saturated rings. The molecule has 3 nitrogen and oxygen atoms in total. The van der Waals surface area contributed by atoms with Crippen LogP contribution < -0.4 is 0 Å². The molecule has 0 unspecified atom stereocenters. The Kier molecular flexibility index (Phi) is 6.39. The minimum Gasteiger partial charge on any atom is -0.294 e. The Morgan fingerprint density at radius 2 is 1.13 bits per heavy atom. The SMILES string of the molecule is C1=Cc2ccc(-c3ccc4c(c3)c3cnccc3n4-c3ccccn3)cc2-c2ccccc2Sc2ccccc2-c2ccccc21. The lowest BCUT2D eigenvalue weighted by Crippen LogP contribution is -1.96. The van der Waals surface area contributed by atoms with Gasteiger partial charge >= 0.3 is 0 Å². The van der Waals surface area contributed by atoms with Crippen LogP contribution >= 0.6 is 11.8 Å². The summed E-state index contributed by atoms with van der Waals surface area (Å²) in [6.07, 6.45) is 10.2. The first kappa shape index (κ1) is 26.7. The number of nitrogens with zero attached hydrogens (tertiary/aromatic N) is 3. The van der Waals surface area contributed by atoms with Crippen LogP contribution in [0.4, 0.5) is 0 Å². The van der Waals surface area contributed by atoms with Crippen LogP contribution in [0, 0.1) is 0 Å². The zero-order chi connectivity index (χ0) is 30.5. The van der Waals surface area contributed by atoms with Crippen LogP contribution in [0.3, 0.4) is 0 Å². The van der Waals surface area contributed by atoms with Gasteiger partial charge in [-0.2, -0.15) is 0 Å². The van der Waals surface area contributed by atoms with Crippen LogP contribution in [0.5, 0.6) is 0 Å². The van der Waals surface area contributed by atoms with Crippen molar-refractivity contribution in [2.24, 2.45) is 0 Å². The summed E-state index contributed by atoms with van der Waals surface area (Å²) < 4.78 is 2.22. The molecule has 4 heterocycles. The van der Waals surface area contributed by atoms with Crippen molar-refractivity contribution in [1.29, 1.82) is 0 Å². The molecule has 0 bridgehead atoms. The zero-order valence-corrected chi connectivity index (χ0v) is 25.7. The molecule has 9 rings (SSSR count). The van der Waals surface area contributed by atoms with Crippen molar-refractivity contribution in [3.63, 3.8) is 0 Å². The molecule has 5 aromatic carbocycles. The summed E-state index contributed by atoms with van der Waals surface area (Å²) in [5.74, 6) is 0.898. The molecule has 0 atom stereocenters. The molecule has 0 aliphatic carbocycles. The van der Waals surface area contributed by atoms with Crippen LogP contribution in [0.25, 0.3) is 73.2 Å². The van der Waals surface area contributed by atoms with Gasteiger partial charge in [0, 0.05) is 39.2 Å². The average Bonchev–Trinajstić information content (AvgIpc) is 3.44. The van der Waals surface area contributed by atoms with Crippen molar-refractivity contribution in [2.45, 2.75) is 9.79 Å². The van der Waals surface area contributed by atoms with E-state index >= 15 is 0 Å². The first-order valence-electron chi connectivity index (χ1n) is 15.4. The van der Waals surface area contributed by atoms with Crippen LogP contribution in [0.15, 0.2) is 162 Å². The molecule has 4 heteroatoms. The van der Waals surface area contributed by atoms with Gasteiger partial charge in [-0.15, -0.1) is 0 Å². The summed E-state index contributed by atoms with van der Waals surface area (Å²) in [6, 6.07) is 47.9. The Hall–Kier alpha value is -5.71. The number of hydrogen-bond acceptors (Lipinski definition) is 3. The molecule has 216 valence electrons. The second-order valence-corrected chi connectivity index (χ2v) is 12.5. The predicted molar refractivity (Wildman–Crippen MR) is 192 cm³/mol. The van der Waals surface area contributed by atoms with Crippen LogP contribution in [0.1, 0.15) is 11.1 Å². The summed E-state index contributed by atoms with van der Waals surface area (Å²) >= 11 is 1.84. The van der Waals surface area contributed by atoms with E-state index in [0.717, 1.165) is 27.6 Å².